The summed E-state index contributed by atoms with van der Waals surface area (Å²) in [7, 11) is 0. The van der Waals surface area contributed by atoms with E-state index in [-0.39, 0.29) is 6.04 Å². The Bertz CT molecular complexity index is 107. The van der Waals surface area contributed by atoms with E-state index in [1.807, 2.05) is 11.8 Å². The van der Waals surface area contributed by atoms with Crippen LogP contribution in [0.2, 0.25) is 0 Å². The zero-order chi connectivity index (χ0) is 6.69. The number of hydrogen-bond acceptors (Lipinski definition) is 3. The summed E-state index contributed by atoms with van der Waals surface area (Å²) in [6.45, 7) is 2.12. The summed E-state index contributed by atoms with van der Waals surface area (Å²) >= 11 is 1.83. The molecule has 0 aromatic heterocycles. The van der Waals surface area contributed by atoms with Gasteiger partial charge in [-0.05, 0) is 6.42 Å². The lowest BCUT2D eigenvalue weighted by Gasteiger charge is -2.04. The van der Waals surface area contributed by atoms with Crippen LogP contribution in [0.4, 0.5) is 0 Å². The molecule has 0 aromatic carbocycles. The zero-order valence-corrected chi connectivity index (χ0v) is 6.28. The molecule has 0 spiro atoms. The number of carbonyl (C=O) groups excluding carboxylic acids is 1. The number of thioether (sulfide) groups is 1. The van der Waals surface area contributed by atoms with E-state index in [0.29, 0.717) is 5.37 Å². The molecule has 0 aromatic rings. The highest BCUT2D eigenvalue weighted by molar-refractivity contribution is 8.00. The van der Waals surface area contributed by atoms with Gasteiger partial charge >= 0.3 is 0 Å². The second-order valence-corrected chi connectivity index (χ2v) is 3.38. The molecule has 1 aliphatic rings. The third kappa shape index (κ3) is 1.69. The summed E-state index contributed by atoms with van der Waals surface area (Å²) < 4.78 is 0. The van der Waals surface area contributed by atoms with Gasteiger partial charge in [-0.15, -0.1) is 11.8 Å². The van der Waals surface area contributed by atoms with Crippen LogP contribution in [0.5, 0.6) is 0 Å². The van der Waals surface area contributed by atoms with Crippen molar-refractivity contribution >= 4 is 18.0 Å². The molecule has 2 unspecified atom stereocenters. The Kier molecular flexibility index (Phi) is 2.54. The Morgan fingerprint density at radius 1 is 1.89 bits per heavy atom. The SMILES string of the molecule is CCC1NC(C=O)CS1. The lowest BCUT2D eigenvalue weighted by atomic mass is 10.3. The van der Waals surface area contributed by atoms with Crippen LogP contribution >= 0.6 is 11.8 Å². The molecule has 1 aliphatic heterocycles. The highest BCUT2D eigenvalue weighted by atomic mass is 32.2. The van der Waals surface area contributed by atoms with Gasteiger partial charge in [0.25, 0.3) is 0 Å². The Balaban J connectivity index is 2.28. The van der Waals surface area contributed by atoms with Crippen molar-refractivity contribution in [1.29, 1.82) is 0 Å². The maximum Gasteiger partial charge on any atom is 0.137 e. The molecule has 52 valence electrons. The largest absolute Gasteiger partial charge is 0.302 e. The van der Waals surface area contributed by atoms with Crippen molar-refractivity contribution < 1.29 is 4.79 Å². The molecule has 1 rings (SSSR count). The lowest BCUT2D eigenvalue weighted by molar-refractivity contribution is -0.109. The molecule has 0 amide bonds. The molecular weight excluding hydrogens is 134 g/mol. The van der Waals surface area contributed by atoms with E-state index in [1.165, 1.54) is 0 Å². The van der Waals surface area contributed by atoms with Crippen molar-refractivity contribution in [3.8, 4) is 0 Å². The predicted molar refractivity (Wildman–Crippen MR) is 39.5 cm³/mol. The zero-order valence-electron chi connectivity index (χ0n) is 5.46. The molecule has 2 atom stereocenters. The molecule has 0 radical (unpaired) electrons. The van der Waals surface area contributed by atoms with E-state index in [1.54, 1.807) is 0 Å². The molecule has 1 heterocycles. The predicted octanol–water partition coefficient (Wildman–Crippen LogP) is 0.626. The van der Waals surface area contributed by atoms with Crippen molar-refractivity contribution in [2.75, 3.05) is 5.75 Å². The van der Waals surface area contributed by atoms with Gasteiger partial charge in [0.1, 0.15) is 6.29 Å². The van der Waals surface area contributed by atoms with Crippen molar-refractivity contribution in [2.45, 2.75) is 24.8 Å². The van der Waals surface area contributed by atoms with Crippen LogP contribution in [0, 0.1) is 0 Å². The van der Waals surface area contributed by atoms with E-state index in [9.17, 15) is 4.79 Å². The van der Waals surface area contributed by atoms with Crippen LogP contribution in [-0.2, 0) is 4.79 Å². The molecule has 3 heteroatoms. The minimum absolute atomic E-state index is 0.111. The summed E-state index contributed by atoms with van der Waals surface area (Å²) in [5, 5.41) is 3.70. The summed E-state index contributed by atoms with van der Waals surface area (Å²) in [6.07, 6.45) is 2.09. The normalized spacial score (nSPS) is 34.8. The third-order valence-electron chi connectivity index (χ3n) is 1.41. The number of hydrogen-bond donors (Lipinski definition) is 1. The quantitative estimate of drug-likeness (QED) is 0.578. The summed E-state index contributed by atoms with van der Waals surface area (Å²) in [5.74, 6) is 0.946. The number of carbonyl (C=O) groups is 1. The minimum Gasteiger partial charge on any atom is -0.302 e. The molecule has 9 heavy (non-hydrogen) atoms. The molecule has 1 N–H and O–H groups in total. The standard InChI is InChI=1S/C6H11NOS/c1-2-6-7-5(3-8)4-9-6/h3,5-7H,2,4H2,1H3. The fourth-order valence-corrected chi connectivity index (χ4v) is 1.99. The van der Waals surface area contributed by atoms with Crippen molar-refractivity contribution in [3.05, 3.63) is 0 Å². The summed E-state index contributed by atoms with van der Waals surface area (Å²) in [6, 6.07) is 0.111. The van der Waals surface area contributed by atoms with E-state index >= 15 is 0 Å². The highest BCUT2D eigenvalue weighted by Gasteiger charge is 2.21. The fraction of sp³-hybridized carbons (Fsp3) is 0.833. The first-order valence-electron chi connectivity index (χ1n) is 3.19. The first-order valence-corrected chi connectivity index (χ1v) is 4.24. The van der Waals surface area contributed by atoms with Crippen LogP contribution in [-0.4, -0.2) is 23.5 Å². The topological polar surface area (TPSA) is 29.1 Å². The highest BCUT2D eigenvalue weighted by Crippen LogP contribution is 2.19. The van der Waals surface area contributed by atoms with E-state index in [0.717, 1.165) is 18.5 Å². The minimum atomic E-state index is 0.111. The van der Waals surface area contributed by atoms with Gasteiger partial charge in [0.05, 0.1) is 11.4 Å². The molecule has 2 nitrogen and oxygen atoms in total. The van der Waals surface area contributed by atoms with E-state index in [4.69, 9.17) is 0 Å². The van der Waals surface area contributed by atoms with Gasteiger partial charge in [-0.1, -0.05) is 6.92 Å². The molecule has 1 saturated heterocycles. The van der Waals surface area contributed by atoms with Crippen LogP contribution in [0.15, 0.2) is 0 Å². The second-order valence-electron chi connectivity index (χ2n) is 2.14. The first kappa shape index (κ1) is 7.09. The van der Waals surface area contributed by atoms with Gasteiger partial charge in [0, 0.05) is 5.75 Å². The van der Waals surface area contributed by atoms with Gasteiger partial charge in [-0.25, -0.2) is 0 Å². The number of nitrogens with one attached hydrogen (secondary N) is 1. The van der Waals surface area contributed by atoms with Gasteiger partial charge < -0.3 is 4.79 Å². The van der Waals surface area contributed by atoms with Gasteiger partial charge in [0.2, 0.25) is 0 Å². The third-order valence-corrected chi connectivity index (χ3v) is 2.84. The average Bonchev–Trinajstić information content (AvgIpc) is 2.34. The van der Waals surface area contributed by atoms with Gasteiger partial charge in [-0.3, -0.25) is 5.32 Å². The summed E-state index contributed by atoms with van der Waals surface area (Å²) in [5.41, 5.74) is 0. The van der Waals surface area contributed by atoms with Crippen LogP contribution in [0.25, 0.3) is 0 Å². The number of rotatable bonds is 2. The molecule has 0 saturated carbocycles. The smallest absolute Gasteiger partial charge is 0.137 e. The van der Waals surface area contributed by atoms with Crippen LogP contribution < -0.4 is 5.32 Å². The molecule has 0 bridgehead atoms. The molecule has 0 aliphatic carbocycles. The van der Waals surface area contributed by atoms with Crippen molar-refractivity contribution in [3.63, 3.8) is 0 Å². The monoisotopic (exact) mass is 145 g/mol. The maximum absolute atomic E-state index is 10.2. The molecule has 1 fully saturated rings. The summed E-state index contributed by atoms with van der Waals surface area (Å²) in [4.78, 5) is 10.2. The lowest BCUT2D eigenvalue weighted by Crippen LogP contribution is -2.30. The van der Waals surface area contributed by atoms with Gasteiger partial charge in [-0.2, -0.15) is 0 Å². The Labute approximate surface area is 59.4 Å². The Morgan fingerprint density at radius 2 is 2.67 bits per heavy atom. The van der Waals surface area contributed by atoms with Crippen molar-refractivity contribution in [2.24, 2.45) is 0 Å². The molecular formula is C6H11NOS. The second kappa shape index (κ2) is 3.22. The average molecular weight is 145 g/mol. The van der Waals surface area contributed by atoms with Crippen LogP contribution in [0.3, 0.4) is 0 Å². The maximum atomic E-state index is 10.2. The number of aldehydes is 1. The van der Waals surface area contributed by atoms with Crippen LogP contribution in [0.1, 0.15) is 13.3 Å². The Morgan fingerprint density at radius 3 is 3.00 bits per heavy atom. The first-order chi connectivity index (χ1) is 4.36. The fourth-order valence-electron chi connectivity index (χ4n) is 0.869. The Hall–Kier alpha value is -0.0200. The van der Waals surface area contributed by atoms with E-state index < -0.39 is 0 Å². The van der Waals surface area contributed by atoms with Crippen molar-refractivity contribution in [1.82, 2.24) is 5.32 Å². The van der Waals surface area contributed by atoms with E-state index in [2.05, 4.69) is 12.2 Å². The van der Waals surface area contributed by atoms with Gasteiger partial charge in [0.15, 0.2) is 0 Å².